The zero-order valence-electron chi connectivity index (χ0n) is 18.8. The molecule has 33 heavy (non-hydrogen) atoms. The molecule has 0 heterocycles. The van der Waals surface area contributed by atoms with E-state index in [4.69, 9.17) is 0 Å². The Morgan fingerprint density at radius 1 is 0.667 bits per heavy atom. The zero-order valence-corrected chi connectivity index (χ0v) is 20.4. The van der Waals surface area contributed by atoms with E-state index in [9.17, 15) is 16.8 Å². The van der Waals surface area contributed by atoms with Gasteiger partial charge in [0.15, 0.2) is 0 Å². The summed E-state index contributed by atoms with van der Waals surface area (Å²) in [5.74, 6) is -0.525. The number of rotatable bonds is 4. The first-order valence-electron chi connectivity index (χ1n) is 10.7. The van der Waals surface area contributed by atoms with E-state index in [1.807, 2.05) is 13.8 Å². The van der Waals surface area contributed by atoms with Crippen molar-refractivity contribution in [3.8, 4) is 0 Å². The Hall–Kier alpha value is -2.84. The van der Waals surface area contributed by atoms with Crippen LogP contribution < -0.4 is 0 Å². The highest BCUT2D eigenvalue weighted by molar-refractivity contribution is 7.90. The van der Waals surface area contributed by atoms with Crippen molar-refractivity contribution in [2.75, 3.05) is 0 Å². The molecular formula is C25H26N2O4S2. The summed E-state index contributed by atoms with van der Waals surface area (Å²) in [7, 11) is -7.79. The normalized spacial score (nSPS) is 24.0. The third-order valence-electron chi connectivity index (χ3n) is 6.29. The number of fused-ring (bicyclic) bond motifs is 1. The lowest BCUT2D eigenvalue weighted by Crippen LogP contribution is -2.38. The standard InChI is InChI=1S/C25H26N2O4S2/c1-17-14-22-23(15-18(17)2)25(27-33(30,31)21-12-8-5-9-13-21)19(3)16-24(22)26-32(28,29)20-10-6-4-7-11-20/h4-13,16,22-23H,14-15H2,1-3H3. The molecule has 2 unspecified atom stereocenters. The van der Waals surface area contributed by atoms with Gasteiger partial charge in [0.25, 0.3) is 20.0 Å². The molecule has 2 aliphatic carbocycles. The minimum absolute atomic E-state index is 0.130. The molecule has 0 spiro atoms. The Labute approximate surface area is 195 Å². The Morgan fingerprint density at radius 3 is 1.64 bits per heavy atom. The lowest BCUT2D eigenvalue weighted by atomic mass is 9.68. The summed E-state index contributed by atoms with van der Waals surface area (Å²) < 4.78 is 60.4. The van der Waals surface area contributed by atoms with Crippen molar-refractivity contribution in [3.05, 3.63) is 83.5 Å². The van der Waals surface area contributed by atoms with Gasteiger partial charge in [0, 0.05) is 11.8 Å². The summed E-state index contributed by atoms with van der Waals surface area (Å²) in [5.41, 5.74) is 3.88. The molecule has 0 radical (unpaired) electrons. The summed E-state index contributed by atoms with van der Waals surface area (Å²) in [6.07, 6.45) is 2.89. The molecule has 2 aromatic carbocycles. The van der Waals surface area contributed by atoms with Crippen molar-refractivity contribution < 1.29 is 16.8 Å². The van der Waals surface area contributed by atoms with Gasteiger partial charge in [-0.2, -0.15) is 25.6 Å². The Kier molecular flexibility index (Phi) is 6.24. The fourth-order valence-electron chi connectivity index (χ4n) is 4.38. The fourth-order valence-corrected chi connectivity index (χ4v) is 6.60. The molecule has 172 valence electrons. The summed E-state index contributed by atoms with van der Waals surface area (Å²) in [4.78, 5) is 0.262. The maximum absolute atomic E-state index is 13.0. The monoisotopic (exact) mass is 482 g/mol. The van der Waals surface area contributed by atoms with Crippen molar-refractivity contribution in [3.63, 3.8) is 0 Å². The summed E-state index contributed by atoms with van der Waals surface area (Å²) >= 11 is 0. The second-order valence-corrected chi connectivity index (χ2v) is 11.8. The number of hydrogen-bond donors (Lipinski definition) is 0. The van der Waals surface area contributed by atoms with E-state index < -0.39 is 20.0 Å². The zero-order chi connectivity index (χ0) is 23.8. The van der Waals surface area contributed by atoms with Crippen LogP contribution in [0.1, 0.15) is 33.6 Å². The van der Waals surface area contributed by atoms with Crippen LogP contribution in [-0.2, 0) is 20.0 Å². The van der Waals surface area contributed by atoms with Crippen LogP contribution in [0.5, 0.6) is 0 Å². The smallest absolute Gasteiger partial charge is 0.199 e. The second-order valence-electron chi connectivity index (χ2n) is 8.58. The van der Waals surface area contributed by atoms with Crippen LogP contribution in [0.3, 0.4) is 0 Å². The third kappa shape index (κ3) is 4.77. The van der Waals surface area contributed by atoms with E-state index in [0.717, 1.165) is 0 Å². The predicted molar refractivity (Wildman–Crippen MR) is 130 cm³/mol. The Balaban J connectivity index is 1.85. The summed E-state index contributed by atoms with van der Waals surface area (Å²) in [6, 6.07) is 16.2. The molecule has 6 nitrogen and oxygen atoms in total. The lowest BCUT2D eigenvalue weighted by molar-refractivity contribution is 0.486. The second kappa shape index (κ2) is 8.83. The van der Waals surface area contributed by atoms with Crippen LogP contribution in [0.4, 0.5) is 0 Å². The Bertz CT molecular complexity index is 1400. The van der Waals surface area contributed by atoms with Gasteiger partial charge in [-0.1, -0.05) is 47.5 Å². The average Bonchev–Trinajstić information content (AvgIpc) is 2.79. The van der Waals surface area contributed by atoms with E-state index in [1.54, 1.807) is 49.4 Å². The van der Waals surface area contributed by atoms with Gasteiger partial charge in [-0.05, 0) is 69.5 Å². The van der Waals surface area contributed by atoms with E-state index in [1.165, 1.54) is 35.4 Å². The van der Waals surface area contributed by atoms with E-state index in [2.05, 4.69) is 8.80 Å². The fraction of sp³-hybridized carbons (Fsp3) is 0.280. The Morgan fingerprint density at radius 2 is 1.12 bits per heavy atom. The number of sulfonamides is 2. The maximum atomic E-state index is 13.0. The highest BCUT2D eigenvalue weighted by Crippen LogP contribution is 2.41. The topological polar surface area (TPSA) is 93.0 Å². The minimum atomic E-state index is -3.90. The predicted octanol–water partition coefficient (Wildman–Crippen LogP) is 4.97. The van der Waals surface area contributed by atoms with Gasteiger partial charge < -0.3 is 0 Å². The van der Waals surface area contributed by atoms with Crippen molar-refractivity contribution in [2.45, 2.75) is 43.4 Å². The minimum Gasteiger partial charge on any atom is -0.199 e. The quantitative estimate of drug-likeness (QED) is 0.575. The molecule has 0 fully saturated rings. The number of benzene rings is 2. The molecule has 0 saturated heterocycles. The van der Waals surface area contributed by atoms with Gasteiger partial charge in [-0.25, -0.2) is 0 Å². The molecule has 0 saturated carbocycles. The van der Waals surface area contributed by atoms with E-state index >= 15 is 0 Å². The highest BCUT2D eigenvalue weighted by Gasteiger charge is 2.39. The maximum Gasteiger partial charge on any atom is 0.282 e. The van der Waals surface area contributed by atoms with E-state index in [0.29, 0.717) is 29.8 Å². The number of hydrogen-bond acceptors (Lipinski definition) is 4. The van der Waals surface area contributed by atoms with Gasteiger partial charge in [0.2, 0.25) is 0 Å². The number of allylic oxidation sites excluding steroid dienone is 4. The SMILES string of the molecule is CC1=CC(=NS(=O)(=O)c2ccccc2)C2CC(C)=C(C)CC2C1=NS(=O)(=O)c1ccccc1. The van der Waals surface area contributed by atoms with Crippen molar-refractivity contribution in [1.29, 1.82) is 0 Å². The van der Waals surface area contributed by atoms with Gasteiger partial charge in [-0.3, -0.25) is 0 Å². The van der Waals surface area contributed by atoms with Gasteiger partial charge in [0.05, 0.1) is 21.2 Å². The molecule has 2 aliphatic rings. The summed E-state index contributed by atoms with van der Waals surface area (Å²) in [5, 5.41) is 0. The van der Waals surface area contributed by atoms with Gasteiger partial charge in [-0.15, -0.1) is 0 Å². The molecule has 2 atom stereocenters. The molecule has 2 aromatic rings. The molecule has 0 aliphatic heterocycles. The first-order valence-corrected chi connectivity index (χ1v) is 13.6. The molecule has 0 aromatic heterocycles. The van der Waals surface area contributed by atoms with Crippen LogP contribution in [0.2, 0.25) is 0 Å². The largest absolute Gasteiger partial charge is 0.282 e. The molecular weight excluding hydrogens is 456 g/mol. The van der Waals surface area contributed by atoms with Crippen molar-refractivity contribution in [2.24, 2.45) is 20.6 Å². The number of nitrogens with zero attached hydrogens (tertiary/aromatic N) is 2. The van der Waals surface area contributed by atoms with Crippen molar-refractivity contribution in [1.82, 2.24) is 0 Å². The van der Waals surface area contributed by atoms with E-state index in [-0.39, 0.29) is 21.6 Å². The average molecular weight is 483 g/mol. The van der Waals surface area contributed by atoms with Gasteiger partial charge >= 0.3 is 0 Å². The van der Waals surface area contributed by atoms with Crippen LogP contribution in [0.15, 0.2) is 102 Å². The molecule has 8 heteroatoms. The first-order chi connectivity index (χ1) is 15.6. The van der Waals surface area contributed by atoms with Crippen LogP contribution in [-0.4, -0.2) is 28.3 Å². The summed E-state index contributed by atoms with van der Waals surface area (Å²) in [6.45, 7) is 5.82. The molecule has 0 bridgehead atoms. The van der Waals surface area contributed by atoms with Crippen LogP contribution >= 0.6 is 0 Å². The molecule has 4 rings (SSSR count). The first kappa shape index (κ1) is 23.3. The van der Waals surface area contributed by atoms with Crippen LogP contribution in [0, 0.1) is 11.8 Å². The van der Waals surface area contributed by atoms with Crippen LogP contribution in [0.25, 0.3) is 0 Å². The highest BCUT2D eigenvalue weighted by atomic mass is 32.2. The molecule has 0 amide bonds. The van der Waals surface area contributed by atoms with Gasteiger partial charge in [0.1, 0.15) is 0 Å². The molecule has 0 N–H and O–H groups in total. The lowest BCUT2D eigenvalue weighted by Gasteiger charge is -2.37. The third-order valence-corrected chi connectivity index (χ3v) is 8.92. The van der Waals surface area contributed by atoms with Crippen molar-refractivity contribution >= 4 is 31.5 Å².